The molecule has 148 valence electrons. The maximum Gasteiger partial charge on any atom is 0.313 e. The molecule has 4 rings (SSSR count). The van der Waals surface area contributed by atoms with Crippen molar-refractivity contribution in [1.29, 1.82) is 0 Å². The van der Waals surface area contributed by atoms with Crippen molar-refractivity contribution < 1.29 is 14.3 Å². The van der Waals surface area contributed by atoms with E-state index in [1.807, 2.05) is 31.2 Å². The number of benzene rings is 1. The number of nitrogens with zero attached hydrogens (tertiary/aromatic N) is 2. The van der Waals surface area contributed by atoms with Crippen molar-refractivity contribution in [2.24, 2.45) is 0 Å². The monoisotopic (exact) mass is 391 g/mol. The quantitative estimate of drug-likeness (QED) is 0.592. The molecule has 2 aromatic heterocycles. The Labute approximate surface area is 167 Å². The Morgan fingerprint density at radius 1 is 1.10 bits per heavy atom. The Morgan fingerprint density at radius 2 is 1.93 bits per heavy atom. The van der Waals surface area contributed by atoms with E-state index in [2.05, 4.69) is 25.8 Å². The summed E-state index contributed by atoms with van der Waals surface area (Å²) in [4.78, 5) is 28.6. The van der Waals surface area contributed by atoms with Gasteiger partial charge in [-0.1, -0.05) is 17.7 Å². The Kier molecular flexibility index (Phi) is 5.24. The van der Waals surface area contributed by atoms with Crippen molar-refractivity contribution >= 4 is 17.5 Å². The van der Waals surface area contributed by atoms with Crippen molar-refractivity contribution in [3.05, 3.63) is 65.6 Å². The zero-order valence-electron chi connectivity index (χ0n) is 15.9. The van der Waals surface area contributed by atoms with Gasteiger partial charge in [0, 0.05) is 17.8 Å². The molecule has 0 bridgehead atoms. The first-order valence-corrected chi connectivity index (χ1v) is 9.40. The standard InChI is InChI=1S/C21H21N5O3/c1-13-2-6-17(7-3-13)29-19-9-5-16(12-22-19)25-21(28)20(27)24-15-4-8-18-14(10-15)11-23-26-18/h2-3,5-7,9,11-12,15H,4,8,10H2,1H3,(H,23,26)(H,24,27)(H,25,28)/t15-/m0/s1. The minimum absolute atomic E-state index is 0.0817. The lowest BCUT2D eigenvalue weighted by Crippen LogP contribution is -2.44. The summed E-state index contributed by atoms with van der Waals surface area (Å²) in [5.74, 6) is -0.319. The van der Waals surface area contributed by atoms with Crippen LogP contribution in [0.25, 0.3) is 0 Å². The van der Waals surface area contributed by atoms with Crippen LogP contribution in [-0.2, 0) is 22.4 Å². The van der Waals surface area contributed by atoms with Gasteiger partial charge in [0.05, 0.1) is 18.1 Å². The molecular formula is C21H21N5O3. The molecule has 3 N–H and O–H groups in total. The van der Waals surface area contributed by atoms with E-state index in [9.17, 15) is 9.59 Å². The Bertz CT molecular complexity index is 1010. The minimum atomic E-state index is -0.725. The average Bonchev–Trinajstić information content (AvgIpc) is 3.19. The van der Waals surface area contributed by atoms with Gasteiger partial charge in [0.1, 0.15) is 5.75 Å². The van der Waals surface area contributed by atoms with Crippen molar-refractivity contribution in [2.75, 3.05) is 5.32 Å². The molecular weight excluding hydrogens is 370 g/mol. The second-order valence-electron chi connectivity index (χ2n) is 7.04. The summed E-state index contributed by atoms with van der Waals surface area (Å²) in [5.41, 5.74) is 3.73. The first-order valence-electron chi connectivity index (χ1n) is 9.40. The number of ether oxygens (including phenoxy) is 1. The zero-order chi connectivity index (χ0) is 20.2. The van der Waals surface area contributed by atoms with E-state index in [-0.39, 0.29) is 6.04 Å². The summed E-state index contributed by atoms with van der Waals surface area (Å²) < 4.78 is 5.65. The number of fused-ring (bicyclic) bond motifs is 1. The number of amides is 2. The molecule has 0 fully saturated rings. The van der Waals surface area contributed by atoms with Gasteiger partial charge in [-0.25, -0.2) is 4.98 Å². The summed E-state index contributed by atoms with van der Waals surface area (Å²) in [6.45, 7) is 2.00. The maximum absolute atomic E-state index is 12.2. The molecule has 0 spiro atoms. The van der Waals surface area contributed by atoms with Crippen LogP contribution in [0.1, 0.15) is 23.2 Å². The molecule has 8 heteroatoms. The normalized spacial score (nSPS) is 15.3. The smallest absolute Gasteiger partial charge is 0.313 e. The van der Waals surface area contributed by atoms with Gasteiger partial charge in [0.2, 0.25) is 5.88 Å². The van der Waals surface area contributed by atoms with Crippen molar-refractivity contribution in [1.82, 2.24) is 20.5 Å². The van der Waals surface area contributed by atoms with E-state index in [4.69, 9.17) is 4.74 Å². The van der Waals surface area contributed by atoms with Crippen molar-refractivity contribution in [3.8, 4) is 11.6 Å². The summed E-state index contributed by atoms with van der Waals surface area (Å²) in [6, 6.07) is 10.8. The molecule has 3 aromatic rings. The number of rotatable bonds is 4. The van der Waals surface area contributed by atoms with Crippen LogP contribution in [-0.4, -0.2) is 33.0 Å². The molecule has 2 heterocycles. The van der Waals surface area contributed by atoms with Gasteiger partial charge in [-0.05, 0) is 49.9 Å². The fourth-order valence-corrected chi connectivity index (χ4v) is 3.22. The highest BCUT2D eigenvalue weighted by Crippen LogP contribution is 2.21. The number of nitrogens with one attached hydrogen (secondary N) is 3. The third kappa shape index (κ3) is 4.60. The van der Waals surface area contributed by atoms with Crippen LogP contribution in [0, 0.1) is 6.92 Å². The molecule has 1 atom stereocenters. The van der Waals surface area contributed by atoms with Gasteiger partial charge in [-0.2, -0.15) is 5.10 Å². The third-order valence-electron chi connectivity index (χ3n) is 4.80. The van der Waals surface area contributed by atoms with E-state index < -0.39 is 11.8 Å². The molecule has 0 radical (unpaired) electrons. The van der Waals surface area contributed by atoms with Gasteiger partial charge in [-0.15, -0.1) is 0 Å². The highest BCUT2D eigenvalue weighted by Gasteiger charge is 2.24. The van der Waals surface area contributed by atoms with Crippen LogP contribution >= 0.6 is 0 Å². The van der Waals surface area contributed by atoms with Crippen molar-refractivity contribution in [3.63, 3.8) is 0 Å². The van der Waals surface area contributed by atoms with Crippen LogP contribution < -0.4 is 15.4 Å². The van der Waals surface area contributed by atoms with Gasteiger partial charge >= 0.3 is 11.8 Å². The number of aromatic nitrogens is 3. The SMILES string of the molecule is Cc1ccc(Oc2ccc(NC(=O)C(=O)N[C@H]3CCc4[nH]ncc4C3)cn2)cc1. The minimum Gasteiger partial charge on any atom is -0.439 e. The molecule has 2 amide bonds. The second kappa shape index (κ2) is 8.14. The highest BCUT2D eigenvalue weighted by atomic mass is 16.5. The summed E-state index contributed by atoms with van der Waals surface area (Å²) in [6.07, 6.45) is 5.44. The molecule has 1 aliphatic rings. The number of hydrogen-bond acceptors (Lipinski definition) is 5. The molecule has 8 nitrogen and oxygen atoms in total. The molecule has 1 aromatic carbocycles. The molecule has 29 heavy (non-hydrogen) atoms. The van der Waals surface area contributed by atoms with Gasteiger partial charge < -0.3 is 15.4 Å². The number of carbonyl (C=O) groups excluding carboxylic acids is 2. The largest absolute Gasteiger partial charge is 0.439 e. The lowest BCUT2D eigenvalue weighted by Gasteiger charge is -2.22. The van der Waals surface area contributed by atoms with E-state index in [0.717, 1.165) is 29.7 Å². The Balaban J connectivity index is 1.30. The first kappa shape index (κ1) is 18.7. The molecule has 0 aliphatic heterocycles. The zero-order valence-corrected chi connectivity index (χ0v) is 15.9. The predicted molar refractivity (Wildman–Crippen MR) is 107 cm³/mol. The van der Waals surface area contributed by atoms with Gasteiger partial charge in [-0.3, -0.25) is 14.7 Å². The fourth-order valence-electron chi connectivity index (χ4n) is 3.22. The third-order valence-corrected chi connectivity index (χ3v) is 4.80. The summed E-state index contributed by atoms with van der Waals surface area (Å²) in [5, 5.41) is 12.3. The van der Waals surface area contributed by atoms with Crippen LogP contribution in [0.2, 0.25) is 0 Å². The molecule has 0 saturated heterocycles. The Hall–Kier alpha value is -3.68. The topological polar surface area (TPSA) is 109 Å². The summed E-state index contributed by atoms with van der Waals surface area (Å²) in [7, 11) is 0. The fraction of sp³-hybridized carbons (Fsp3) is 0.238. The van der Waals surface area contributed by atoms with Crippen LogP contribution in [0.4, 0.5) is 5.69 Å². The highest BCUT2D eigenvalue weighted by molar-refractivity contribution is 6.39. The number of hydrogen-bond donors (Lipinski definition) is 3. The van der Waals surface area contributed by atoms with E-state index >= 15 is 0 Å². The van der Waals surface area contributed by atoms with Gasteiger partial charge in [0.15, 0.2) is 0 Å². The maximum atomic E-state index is 12.2. The lowest BCUT2D eigenvalue weighted by atomic mass is 9.93. The van der Waals surface area contributed by atoms with Crippen molar-refractivity contribution in [2.45, 2.75) is 32.2 Å². The van der Waals surface area contributed by atoms with E-state index in [0.29, 0.717) is 23.7 Å². The predicted octanol–water partition coefficient (Wildman–Crippen LogP) is 2.52. The number of carbonyl (C=O) groups is 2. The van der Waals surface area contributed by atoms with E-state index in [1.165, 1.54) is 6.20 Å². The first-order chi connectivity index (χ1) is 14.1. The number of pyridine rings is 1. The van der Waals surface area contributed by atoms with Crippen LogP contribution in [0.5, 0.6) is 11.6 Å². The molecule has 0 saturated carbocycles. The van der Waals surface area contributed by atoms with Crippen LogP contribution in [0.15, 0.2) is 48.8 Å². The van der Waals surface area contributed by atoms with Gasteiger partial charge in [0.25, 0.3) is 0 Å². The number of anilines is 1. The molecule has 1 aliphatic carbocycles. The Morgan fingerprint density at radius 3 is 2.69 bits per heavy atom. The molecule has 0 unspecified atom stereocenters. The number of aryl methyl sites for hydroxylation is 2. The van der Waals surface area contributed by atoms with Crippen LogP contribution in [0.3, 0.4) is 0 Å². The summed E-state index contributed by atoms with van der Waals surface area (Å²) >= 11 is 0. The second-order valence-corrected chi connectivity index (χ2v) is 7.04. The number of H-pyrrole nitrogens is 1. The lowest BCUT2D eigenvalue weighted by molar-refractivity contribution is -0.136. The van der Waals surface area contributed by atoms with E-state index in [1.54, 1.807) is 18.3 Å². The average molecular weight is 391 g/mol. The number of aromatic amines is 1.